The zero-order chi connectivity index (χ0) is 27.9. The number of aryl methyl sites for hydroxylation is 1. The summed E-state index contributed by atoms with van der Waals surface area (Å²) >= 11 is 6.83. The second-order valence-corrected chi connectivity index (χ2v) is 11.0. The van der Waals surface area contributed by atoms with Gasteiger partial charge in [-0.1, -0.05) is 54.9 Å². The highest BCUT2D eigenvalue weighted by atomic mass is 35.5. The molecule has 0 spiro atoms. The van der Waals surface area contributed by atoms with Gasteiger partial charge < -0.3 is 30.5 Å². The van der Waals surface area contributed by atoms with Crippen molar-refractivity contribution in [2.75, 3.05) is 33.4 Å². The standard InChI is InChI=1S/C30H40ClN3O5/c1-3-19-7-4-8-20(15-19)27-23(10-5-11-24(27)31)28(39-14-12-33-30(37)38-2)21-9-6-13-34(18-21)29(36)22-16-25(32)26(35)17-22/h4-5,7-8,10-11,15,21-22,25-26,28,35H,3,6,9,12-14,16-18,32H2,1-2H3,(H,33,37). The van der Waals surface area contributed by atoms with Crippen LogP contribution in [0.15, 0.2) is 42.5 Å². The number of nitrogens with two attached hydrogens (primary N) is 1. The number of halogens is 1. The Labute approximate surface area is 235 Å². The first kappa shape index (κ1) is 29.3. The topological polar surface area (TPSA) is 114 Å². The SMILES string of the molecule is CCc1cccc(-c2c(Cl)cccc2C(OCCNC(=O)OC)C2CCCN(C(=O)C3CC(N)C(O)C3)C2)c1. The number of hydrogen-bond acceptors (Lipinski definition) is 6. The lowest BCUT2D eigenvalue weighted by Gasteiger charge is -2.38. The number of amides is 2. The molecule has 39 heavy (non-hydrogen) atoms. The Balaban J connectivity index is 1.62. The summed E-state index contributed by atoms with van der Waals surface area (Å²) in [6.07, 6.45) is 2.05. The first-order valence-corrected chi connectivity index (χ1v) is 14.2. The summed E-state index contributed by atoms with van der Waals surface area (Å²) in [5.41, 5.74) is 10.1. The Morgan fingerprint density at radius 3 is 2.74 bits per heavy atom. The molecule has 1 saturated carbocycles. The average molecular weight is 558 g/mol. The maximum atomic E-state index is 13.4. The molecule has 212 valence electrons. The van der Waals surface area contributed by atoms with Gasteiger partial charge in [0.2, 0.25) is 5.91 Å². The van der Waals surface area contributed by atoms with Crippen molar-refractivity contribution in [3.8, 4) is 11.1 Å². The third-order valence-electron chi connectivity index (χ3n) is 7.95. The molecule has 1 aliphatic carbocycles. The van der Waals surface area contributed by atoms with Crippen LogP contribution in [-0.2, 0) is 20.7 Å². The fourth-order valence-corrected chi connectivity index (χ4v) is 6.18. The fraction of sp³-hybridized carbons (Fsp3) is 0.533. The summed E-state index contributed by atoms with van der Waals surface area (Å²) in [5.74, 6) is -0.178. The highest BCUT2D eigenvalue weighted by Gasteiger charge is 2.39. The van der Waals surface area contributed by atoms with Crippen molar-refractivity contribution in [3.63, 3.8) is 0 Å². The van der Waals surface area contributed by atoms with Gasteiger partial charge in [0, 0.05) is 48.1 Å². The molecule has 1 aliphatic heterocycles. The minimum absolute atomic E-state index is 0.0207. The fourth-order valence-electron chi connectivity index (χ4n) is 5.89. The molecule has 2 fully saturated rings. The van der Waals surface area contributed by atoms with E-state index >= 15 is 0 Å². The van der Waals surface area contributed by atoms with Crippen molar-refractivity contribution in [2.45, 2.75) is 57.3 Å². The molecule has 2 aliphatic rings. The Bertz CT molecular complexity index is 1140. The minimum Gasteiger partial charge on any atom is -0.453 e. The lowest BCUT2D eigenvalue weighted by molar-refractivity contribution is -0.139. The van der Waals surface area contributed by atoms with E-state index in [1.54, 1.807) is 0 Å². The van der Waals surface area contributed by atoms with Crippen molar-refractivity contribution in [1.29, 1.82) is 0 Å². The van der Waals surface area contributed by atoms with Crippen molar-refractivity contribution >= 4 is 23.6 Å². The van der Waals surface area contributed by atoms with Crippen molar-refractivity contribution < 1.29 is 24.2 Å². The van der Waals surface area contributed by atoms with Crippen molar-refractivity contribution in [2.24, 2.45) is 17.6 Å². The van der Waals surface area contributed by atoms with Gasteiger partial charge in [-0.05, 0) is 54.9 Å². The lowest BCUT2D eigenvalue weighted by atomic mass is 9.84. The molecule has 0 bridgehead atoms. The molecule has 0 aromatic heterocycles. The third-order valence-corrected chi connectivity index (χ3v) is 8.27. The number of ether oxygens (including phenoxy) is 2. The van der Waals surface area contributed by atoms with Crippen LogP contribution in [0.25, 0.3) is 11.1 Å². The Kier molecular flexibility index (Phi) is 10.2. The average Bonchev–Trinajstić information content (AvgIpc) is 3.30. The van der Waals surface area contributed by atoms with Gasteiger partial charge in [-0.25, -0.2) is 4.79 Å². The lowest BCUT2D eigenvalue weighted by Crippen LogP contribution is -2.44. The Hall–Kier alpha value is -2.65. The van der Waals surface area contributed by atoms with Gasteiger partial charge in [0.1, 0.15) is 0 Å². The van der Waals surface area contributed by atoms with Crippen LogP contribution in [0.4, 0.5) is 4.79 Å². The first-order valence-electron chi connectivity index (χ1n) is 13.9. The largest absolute Gasteiger partial charge is 0.453 e. The number of carbonyl (C=O) groups is 2. The van der Waals surface area contributed by atoms with Crippen LogP contribution in [0.1, 0.15) is 49.8 Å². The minimum atomic E-state index is -0.633. The number of aliphatic hydroxyl groups is 1. The van der Waals surface area contributed by atoms with Gasteiger partial charge in [0.25, 0.3) is 0 Å². The predicted molar refractivity (Wildman–Crippen MR) is 151 cm³/mol. The number of rotatable bonds is 9. The number of nitrogens with one attached hydrogen (secondary N) is 1. The second-order valence-electron chi connectivity index (χ2n) is 10.6. The van der Waals surface area contributed by atoms with Gasteiger partial charge in [0.15, 0.2) is 0 Å². The zero-order valence-electron chi connectivity index (χ0n) is 22.8. The molecule has 2 aromatic carbocycles. The summed E-state index contributed by atoms with van der Waals surface area (Å²) in [6.45, 7) is 3.90. The highest BCUT2D eigenvalue weighted by Crippen LogP contribution is 2.42. The summed E-state index contributed by atoms with van der Waals surface area (Å²) in [7, 11) is 1.32. The molecule has 4 N–H and O–H groups in total. The van der Waals surface area contributed by atoms with Crippen LogP contribution in [0, 0.1) is 11.8 Å². The normalized spacial score (nSPS) is 23.9. The number of likely N-dealkylation sites (tertiary alicyclic amines) is 1. The summed E-state index contributed by atoms with van der Waals surface area (Å²) in [5, 5.41) is 13.4. The van der Waals surface area contributed by atoms with Crippen LogP contribution >= 0.6 is 11.6 Å². The van der Waals surface area contributed by atoms with Crippen molar-refractivity contribution in [1.82, 2.24) is 10.2 Å². The molecule has 5 unspecified atom stereocenters. The summed E-state index contributed by atoms with van der Waals surface area (Å²) < 4.78 is 11.2. The number of aliphatic hydroxyl groups excluding tert-OH is 1. The van der Waals surface area contributed by atoms with Gasteiger partial charge in [-0.3, -0.25) is 4.79 Å². The molecule has 8 nitrogen and oxygen atoms in total. The number of alkyl carbamates (subject to hydrolysis) is 1. The predicted octanol–water partition coefficient (Wildman–Crippen LogP) is 4.32. The number of hydrogen-bond donors (Lipinski definition) is 3. The summed E-state index contributed by atoms with van der Waals surface area (Å²) in [6, 6.07) is 13.9. The Morgan fingerprint density at radius 2 is 2.03 bits per heavy atom. The van der Waals surface area contributed by atoms with E-state index in [9.17, 15) is 14.7 Å². The molecule has 2 aromatic rings. The van der Waals surface area contributed by atoms with Gasteiger partial charge in [-0.2, -0.15) is 0 Å². The molecule has 1 saturated heterocycles. The monoisotopic (exact) mass is 557 g/mol. The molecule has 9 heteroatoms. The molecular weight excluding hydrogens is 518 g/mol. The number of carbonyl (C=O) groups excluding carboxylic acids is 2. The van der Waals surface area contributed by atoms with Gasteiger partial charge in [-0.15, -0.1) is 0 Å². The van der Waals surface area contributed by atoms with Gasteiger partial charge >= 0.3 is 6.09 Å². The van der Waals surface area contributed by atoms with E-state index in [0.717, 1.165) is 36.0 Å². The second kappa shape index (κ2) is 13.6. The maximum Gasteiger partial charge on any atom is 0.406 e. The highest BCUT2D eigenvalue weighted by molar-refractivity contribution is 6.33. The number of nitrogens with zero attached hydrogens (tertiary/aromatic N) is 1. The van der Waals surface area contributed by atoms with E-state index in [1.807, 2.05) is 29.2 Å². The van der Waals surface area contributed by atoms with E-state index in [4.69, 9.17) is 22.1 Å². The van der Waals surface area contributed by atoms with Crippen LogP contribution in [0.3, 0.4) is 0 Å². The van der Waals surface area contributed by atoms with Crippen LogP contribution in [-0.4, -0.2) is 67.5 Å². The number of methoxy groups -OCH3 is 1. The third kappa shape index (κ3) is 7.11. The Morgan fingerprint density at radius 1 is 1.23 bits per heavy atom. The number of piperidine rings is 1. The molecule has 1 heterocycles. The summed E-state index contributed by atoms with van der Waals surface area (Å²) in [4.78, 5) is 26.9. The molecule has 2 amide bonds. The van der Waals surface area contributed by atoms with Gasteiger partial charge in [0.05, 0.1) is 25.9 Å². The van der Waals surface area contributed by atoms with E-state index < -0.39 is 12.2 Å². The van der Waals surface area contributed by atoms with Crippen molar-refractivity contribution in [3.05, 3.63) is 58.6 Å². The molecule has 5 atom stereocenters. The van der Waals surface area contributed by atoms with E-state index in [2.05, 4.69) is 35.2 Å². The van der Waals surface area contributed by atoms with Crippen LogP contribution in [0.2, 0.25) is 5.02 Å². The smallest absolute Gasteiger partial charge is 0.406 e. The van der Waals surface area contributed by atoms with Crippen LogP contribution < -0.4 is 11.1 Å². The molecular formula is C30H40ClN3O5. The molecule has 0 radical (unpaired) electrons. The molecule has 4 rings (SSSR count). The zero-order valence-corrected chi connectivity index (χ0v) is 23.5. The van der Waals surface area contributed by atoms with E-state index in [0.29, 0.717) is 31.0 Å². The first-order chi connectivity index (χ1) is 18.8. The van der Waals surface area contributed by atoms with E-state index in [-0.39, 0.29) is 43.0 Å². The van der Waals surface area contributed by atoms with Crippen LogP contribution in [0.5, 0.6) is 0 Å². The maximum absolute atomic E-state index is 13.4. The van der Waals surface area contributed by atoms with E-state index in [1.165, 1.54) is 12.7 Å². The quantitative estimate of drug-likeness (QED) is 0.396. The number of benzene rings is 2.